The smallest absolute Gasteiger partial charge is 0.0692 e. The van der Waals surface area contributed by atoms with Gasteiger partial charge < -0.3 is 4.74 Å². The molecule has 0 unspecified atom stereocenters. The number of halogens is 1. The van der Waals surface area contributed by atoms with Crippen molar-refractivity contribution in [2.75, 3.05) is 0 Å². The van der Waals surface area contributed by atoms with Gasteiger partial charge in [0.1, 0.15) is 0 Å². The quantitative estimate of drug-likeness (QED) is 0.604. The summed E-state index contributed by atoms with van der Waals surface area (Å²) in [6.45, 7) is 9.34. The molecule has 2 rings (SSSR count). The normalized spacial score (nSPS) is 49.8. The van der Waals surface area contributed by atoms with Gasteiger partial charge in [-0.15, -0.1) is 0 Å². The van der Waals surface area contributed by atoms with Gasteiger partial charge in [-0.3, -0.25) is 0 Å². The summed E-state index contributed by atoms with van der Waals surface area (Å²) >= 11 is 3.86. The van der Waals surface area contributed by atoms with E-state index in [1.54, 1.807) is 0 Å². The Kier molecular flexibility index (Phi) is 2.96. The standard InChI is InChI=1S/C13H23BrO/c1-9-5-6-10-12(2,3)11(14)7-8-13(10,4)15-9/h9-11H,5-8H2,1-4H3/t9-,10-,11+,13-/m0/s1. The molecule has 0 N–H and O–H groups in total. The van der Waals surface area contributed by atoms with E-state index < -0.39 is 0 Å². The Balaban J connectivity index is 2.25. The van der Waals surface area contributed by atoms with Gasteiger partial charge in [-0.1, -0.05) is 29.8 Å². The molecular formula is C13H23BrO. The first kappa shape index (κ1) is 11.9. The molecule has 15 heavy (non-hydrogen) atoms. The molecule has 0 bridgehead atoms. The fourth-order valence-corrected chi connectivity index (χ4v) is 4.25. The van der Waals surface area contributed by atoms with Gasteiger partial charge in [-0.05, 0) is 50.9 Å². The van der Waals surface area contributed by atoms with E-state index in [9.17, 15) is 0 Å². The fraction of sp³-hybridized carbons (Fsp3) is 1.00. The number of fused-ring (bicyclic) bond motifs is 1. The molecule has 1 aliphatic carbocycles. The molecule has 4 atom stereocenters. The molecule has 0 aromatic rings. The lowest BCUT2D eigenvalue weighted by molar-refractivity contribution is -0.191. The highest BCUT2D eigenvalue weighted by atomic mass is 79.9. The third-order valence-corrected chi connectivity index (χ3v) is 6.31. The monoisotopic (exact) mass is 274 g/mol. The van der Waals surface area contributed by atoms with Crippen LogP contribution in [0.15, 0.2) is 0 Å². The van der Waals surface area contributed by atoms with Crippen molar-refractivity contribution < 1.29 is 4.74 Å². The Morgan fingerprint density at radius 1 is 1.13 bits per heavy atom. The highest BCUT2D eigenvalue weighted by molar-refractivity contribution is 9.09. The summed E-state index contributed by atoms with van der Waals surface area (Å²) in [7, 11) is 0. The minimum Gasteiger partial charge on any atom is -0.372 e. The highest BCUT2D eigenvalue weighted by Crippen LogP contribution is 2.54. The van der Waals surface area contributed by atoms with Crippen molar-refractivity contribution >= 4 is 15.9 Å². The summed E-state index contributed by atoms with van der Waals surface area (Å²) in [5, 5.41) is 0. The minimum atomic E-state index is 0.130. The number of hydrogen-bond acceptors (Lipinski definition) is 1. The summed E-state index contributed by atoms with van der Waals surface area (Å²) in [5.41, 5.74) is 0.499. The van der Waals surface area contributed by atoms with E-state index >= 15 is 0 Å². The zero-order chi connectivity index (χ0) is 11.3. The van der Waals surface area contributed by atoms with Gasteiger partial charge in [0.15, 0.2) is 0 Å². The first-order valence-corrected chi connectivity index (χ1v) is 7.10. The van der Waals surface area contributed by atoms with Crippen molar-refractivity contribution in [3.63, 3.8) is 0 Å². The Hall–Kier alpha value is 0.440. The Morgan fingerprint density at radius 2 is 1.80 bits per heavy atom. The maximum absolute atomic E-state index is 6.24. The van der Waals surface area contributed by atoms with E-state index in [1.807, 2.05) is 0 Å². The molecule has 0 spiro atoms. The maximum atomic E-state index is 6.24. The average Bonchev–Trinajstić information content (AvgIpc) is 2.11. The molecule has 88 valence electrons. The first-order valence-electron chi connectivity index (χ1n) is 6.18. The second kappa shape index (κ2) is 3.73. The molecule has 0 amide bonds. The first-order chi connectivity index (χ1) is 6.86. The van der Waals surface area contributed by atoms with Gasteiger partial charge >= 0.3 is 0 Å². The second-order valence-electron chi connectivity index (χ2n) is 6.20. The fourth-order valence-electron chi connectivity index (χ4n) is 3.70. The van der Waals surface area contributed by atoms with Crippen molar-refractivity contribution in [2.45, 2.75) is 69.9 Å². The van der Waals surface area contributed by atoms with E-state index in [0.717, 1.165) is 0 Å². The Morgan fingerprint density at radius 3 is 2.47 bits per heavy atom. The molecule has 2 aliphatic rings. The molecule has 0 aromatic heterocycles. The summed E-state index contributed by atoms with van der Waals surface area (Å²) in [4.78, 5) is 0.653. The predicted molar refractivity (Wildman–Crippen MR) is 67.4 cm³/mol. The van der Waals surface area contributed by atoms with Crippen LogP contribution in [0.25, 0.3) is 0 Å². The van der Waals surface area contributed by atoms with Crippen molar-refractivity contribution in [3.8, 4) is 0 Å². The topological polar surface area (TPSA) is 9.23 Å². The number of rotatable bonds is 0. The highest BCUT2D eigenvalue weighted by Gasteiger charge is 2.53. The van der Waals surface area contributed by atoms with Crippen LogP contribution >= 0.6 is 15.9 Å². The van der Waals surface area contributed by atoms with Crippen LogP contribution in [0.1, 0.15) is 53.4 Å². The van der Waals surface area contributed by atoms with Crippen LogP contribution in [0.4, 0.5) is 0 Å². The molecular weight excluding hydrogens is 252 g/mol. The molecule has 1 saturated heterocycles. The van der Waals surface area contributed by atoms with E-state index in [4.69, 9.17) is 4.74 Å². The summed E-state index contributed by atoms with van der Waals surface area (Å²) in [6.07, 6.45) is 5.46. The van der Waals surface area contributed by atoms with Crippen molar-refractivity contribution in [1.29, 1.82) is 0 Å². The van der Waals surface area contributed by atoms with Crippen molar-refractivity contribution in [3.05, 3.63) is 0 Å². The van der Waals surface area contributed by atoms with E-state index in [2.05, 4.69) is 43.6 Å². The summed E-state index contributed by atoms with van der Waals surface area (Å²) < 4.78 is 6.24. The van der Waals surface area contributed by atoms with Gasteiger partial charge in [-0.2, -0.15) is 0 Å². The van der Waals surface area contributed by atoms with Crippen molar-refractivity contribution in [1.82, 2.24) is 0 Å². The van der Waals surface area contributed by atoms with E-state index in [1.165, 1.54) is 25.7 Å². The molecule has 1 saturated carbocycles. The van der Waals surface area contributed by atoms with Crippen LogP contribution in [0.5, 0.6) is 0 Å². The van der Waals surface area contributed by atoms with Crippen molar-refractivity contribution in [2.24, 2.45) is 11.3 Å². The molecule has 0 aromatic carbocycles. The zero-order valence-corrected chi connectivity index (χ0v) is 11.9. The lowest BCUT2D eigenvalue weighted by atomic mass is 9.59. The molecule has 1 nitrogen and oxygen atoms in total. The number of ether oxygens (including phenoxy) is 1. The van der Waals surface area contributed by atoms with Crippen LogP contribution in [-0.2, 0) is 4.74 Å². The van der Waals surface area contributed by atoms with E-state index in [0.29, 0.717) is 22.3 Å². The van der Waals surface area contributed by atoms with Crippen LogP contribution < -0.4 is 0 Å². The van der Waals surface area contributed by atoms with Gasteiger partial charge in [0.05, 0.1) is 11.7 Å². The minimum absolute atomic E-state index is 0.130. The zero-order valence-electron chi connectivity index (χ0n) is 10.3. The second-order valence-corrected chi connectivity index (χ2v) is 7.30. The SMILES string of the molecule is C[C@H]1CC[C@H]2C(C)(C)[C@H](Br)CC[C@]2(C)O1. The van der Waals surface area contributed by atoms with Gasteiger partial charge in [0.25, 0.3) is 0 Å². The molecule has 2 heteroatoms. The van der Waals surface area contributed by atoms with Gasteiger partial charge in [-0.25, -0.2) is 0 Å². The lowest BCUT2D eigenvalue weighted by Crippen LogP contribution is -2.56. The average molecular weight is 275 g/mol. The molecule has 1 heterocycles. The largest absolute Gasteiger partial charge is 0.372 e. The summed E-state index contributed by atoms with van der Waals surface area (Å²) in [5.74, 6) is 0.708. The summed E-state index contributed by atoms with van der Waals surface area (Å²) in [6, 6.07) is 0. The Bertz CT molecular complexity index is 251. The predicted octanol–water partition coefficient (Wildman–Crippen LogP) is 4.14. The number of alkyl halides is 1. The van der Waals surface area contributed by atoms with Crippen LogP contribution in [0, 0.1) is 11.3 Å². The number of hydrogen-bond donors (Lipinski definition) is 0. The van der Waals surface area contributed by atoms with Crippen LogP contribution in [0.3, 0.4) is 0 Å². The lowest BCUT2D eigenvalue weighted by Gasteiger charge is -2.56. The Labute approximate surface area is 102 Å². The molecule has 0 radical (unpaired) electrons. The third kappa shape index (κ3) is 1.88. The molecule has 2 fully saturated rings. The van der Waals surface area contributed by atoms with Gasteiger partial charge in [0, 0.05) is 4.83 Å². The van der Waals surface area contributed by atoms with E-state index in [-0.39, 0.29) is 5.60 Å². The molecule has 1 aliphatic heterocycles. The van der Waals surface area contributed by atoms with Crippen LogP contribution in [-0.4, -0.2) is 16.5 Å². The maximum Gasteiger partial charge on any atom is 0.0692 e. The third-order valence-electron chi connectivity index (χ3n) is 4.67. The van der Waals surface area contributed by atoms with Crippen LogP contribution in [0.2, 0.25) is 0 Å². The van der Waals surface area contributed by atoms with Gasteiger partial charge in [0.2, 0.25) is 0 Å².